The molecule has 2 aromatic carbocycles. The monoisotopic (exact) mass is 342 g/mol. The van der Waals surface area contributed by atoms with Gasteiger partial charge in [0.05, 0.1) is 12.1 Å². The van der Waals surface area contributed by atoms with Crippen LogP contribution in [0.5, 0.6) is 5.75 Å². The Morgan fingerprint density at radius 3 is 2.79 bits per heavy atom. The molecule has 1 N–H and O–H groups in total. The topological polar surface area (TPSA) is 47.3 Å². The van der Waals surface area contributed by atoms with Crippen LogP contribution in [-0.4, -0.2) is 14.7 Å². The van der Waals surface area contributed by atoms with E-state index in [1.165, 1.54) is 0 Å². The highest BCUT2D eigenvalue weighted by Crippen LogP contribution is 2.41. The predicted octanol–water partition coefficient (Wildman–Crippen LogP) is 4.09. The Labute approximate surface area is 145 Å². The van der Waals surface area contributed by atoms with Crippen molar-refractivity contribution in [3.63, 3.8) is 0 Å². The molecule has 0 spiro atoms. The van der Waals surface area contributed by atoms with Crippen LogP contribution in [0.4, 0.5) is 0 Å². The molecular formula is C19H19ClN2O2. The minimum absolute atomic E-state index is 0.0114. The lowest BCUT2D eigenvalue weighted by Gasteiger charge is -2.28. The second kappa shape index (κ2) is 5.80. The minimum atomic E-state index is -0.0192. The summed E-state index contributed by atoms with van der Waals surface area (Å²) in [6.45, 7) is 1.99. The molecule has 0 saturated heterocycles. The SMILES string of the molecule is Cc1nc2c3c(c(CO)cc2n1C)CC[C@@H](c1ccc(Cl)cc1)O3. The first-order chi connectivity index (χ1) is 11.6. The van der Waals surface area contributed by atoms with Crippen molar-refractivity contribution in [2.45, 2.75) is 32.5 Å². The lowest BCUT2D eigenvalue weighted by Crippen LogP contribution is -2.17. The second-order valence-electron chi connectivity index (χ2n) is 6.28. The fourth-order valence-electron chi connectivity index (χ4n) is 3.43. The highest BCUT2D eigenvalue weighted by Gasteiger charge is 2.27. The average Bonchev–Trinajstić information content (AvgIpc) is 2.89. The molecule has 0 fully saturated rings. The highest BCUT2D eigenvalue weighted by molar-refractivity contribution is 6.30. The summed E-state index contributed by atoms with van der Waals surface area (Å²) in [5.74, 6) is 1.74. The van der Waals surface area contributed by atoms with Crippen LogP contribution in [0.2, 0.25) is 5.02 Å². The van der Waals surface area contributed by atoms with E-state index in [4.69, 9.17) is 16.3 Å². The number of aliphatic hydroxyl groups excluding tert-OH is 1. The summed E-state index contributed by atoms with van der Waals surface area (Å²) in [6.07, 6.45) is 1.72. The van der Waals surface area contributed by atoms with E-state index >= 15 is 0 Å². The molecule has 0 amide bonds. The summed E-state index contributed by atoms with van der Waals surface area (Å²) in [6, 6.07) is 9.82. The smallest absolute Gasteiger partial charge is 0.151 e. The largest absolute Gasteiger partial charge is 0.483 e. The summed E-state index contributed by atoms with van der Waals surface area (Å²) in [5, 5.41) is 10.5. The van der Waals surface area contributed by atoms with Gasteiger partial charge in [0.15, 0.2) is 5.75 Å². The molecule has 4 nitrogen and oxygen atoms in total. The van der Waals surface area contributed by atoms with Gasteiger partial charge < -0.3 is 14.4 Å². The fourth-order valence-corrected chi connectivity index (χ4v) is 3.56. The Morgan fingerprint density at radius 1 is 1.33 bits per heavy atom. The summed E-state index contributed by atoms with van der Waals surface area (Å²) in [4.78, 5) is 4.68. The first-order valence-corrected chi connectivity index (χ1v) is 8.47. The number of rotatable bonds is 2. The predicted molar refractivity (Wildman–Crippen MR) is 94.5 cm³/mol. The zero-order chi connectivity index (χ0) is 16.8. The Hall–Kier alpha value is -2.04. The zero-order valence-electron chi connectivity index (χ0n) is 13.7. The number of fused-ring (bicyclic) bond motifs is 3. The van der Waals surface area contributed by atoms with Crippen molar-refractivity contribution in [2.75, 3.05) is 0 Å². The third-order valence-electron chi connectivity index (χ3n) is 4.88. The highest BCUT2D eigenvalue weighted by atomic mass is 35.5. The van der Waals surface area contributed by atoms with Gasteiger partial charge in [-0.25, -0.2) is 4.98 Å². The number of hydrogen-bond acceptors (Lipinski definition) is 3. The molecule has 4 rings (SSSR count). The summed E-state index contributed by atoms with van der Waals surface area (Å²) in [5.41, 5.74) is 4.98. The zero-order valence-corrected chi connectivity index (χ0v) is 14.5. The molecule has 1 aromatic heterocycles. The van der Waals surface area contributed by atoms with Crippen LogP contribution in [0.25, 0.3) is 11.0 Å². The van der Waals surface area contributed by atoms with Gasteiger partial charge in [-0.3, -0.25) is 0 Å². The Morgan fingerprint density at radius 2 is 2.08 bits per heavy atom. The van der Waals surface area contributed by atoms with E-state index in [0.29, 0.717) is 0 Å². The van der Waals surface area contributed by atoms with E-state index in [2.05, 4.69) is 4.98 Å². The molecule has 3 aromatic rings. The van der Waals surface area contributed by atoms with E-state index in [9.17, 15) is 5.11 Å². The maximum Gasteiger partial charge on any atom is 0.151 e. The van der Waals surface area contributed by atoms with Gasteiger partial charge in [-0.15, -0.1) is 0 Å². The number of imidazole rings is 1. The number of nitrogens with zero attached hydrogens (tertiary/aromatic N) is 2. The number of aromatic nitrogens is 2. The van der Waals surface area contributed by atoms with Gasteiger partial charge in [0.1, 0.15) is 17.4 Å². The van der Waals surface area contributed by atoms with Gasteiger partial charge in [0.2, 0.25) is 0 Å². The van der Waals surface area contributed by atoms with Crippen LogP contribution >= 0.6 is 11.6 Å². The van der Waals surface area contributed by atoms with Gasteiger partial charge in [0.25, 0.3) is 0 Å². The molecule has 0 aliphatic carbocycles. The molecule has 2 heterocycles. The van der Waals surface area contributed by atoms with Gasteiger partial charge in [-0.05, 0) is 49.1 Å². The standard InChI is InChI=1S/C19H19ClN2O2/c1-11-21-18-16(22(11)2)9-13(10-23)15-7-8-17(24-19(15)18)12-3-5-14(20)6-4-12/h3-6,9,17,23H,7-8,10H2,1-2H3/t17-/m0/s1. The fraction of sp³-hybridized carbons (Fsp3) is 0.316. The molecule has 5 heteroatoms. The van der Waals surface area contributed by atoms with Crippen molar-refractivity contribution in [3.05, 3.63) is 57.9 Å². The third kappa shape index (κ3) is 2.38. The number of hydrogen-bond donors (Lipinski definition) is 1. The summed E-state index contributed by atoms with van der Waals surface area (Å²) >= 11 is 5.99. The number of aryl methyl sites for hydroxylation is 2. The Bertz CT molecular complexity index is 916. The van der Waals surface area contributed by atoms with Crippen molar-refractivity contribution in [2.24, 2.45) is 7.05 Å². The molecule has 1 aliphatic rings. The van der Waals surface area contributed by atoms with Crippen molar-refractivity contribution in [1.82, 2.24) is 9.55 Å². The van der Waals surface area contributed by atoms with E-state index in [0.717, 1.165) is 57.2 Å². The van der Waals surface area contributed by atoms with Crippen LogP contribution in [0, 0.1) is 6.92 Å². The molecule has 1 aliphatic heterocycles. The lowest BCUT2D eigenvalue weighted by molar-refractivity contribution is 0.177. The first-order valence-electron chi connectivity index (χ1n) is 8.09. The van der Waals surface area contributed by atoms with Crippen LogP contribution in [0.3, 0.4) is 0 Å². The van der Waals surface area contributed by atoms with E-state index < -0.39 is 0 Å². The molecule has 0 saturated carbocycles. The van der Waals surface area contributed by atoms with Crippen molar-refractivity contribution >= 4 is 22.6 Å². The van der Waals surface area contributed by atoms with Gasteiger partial charge >= 0.3 is 0 Å². The van der Waals surface area contributed by atoms with Crippen LogP contribution in [-0.2, 0) is 20.1 Å². The normalized spacial score (nSPS) is 16.9. The lowest BCUT2D eigenvalue weighted by atomic mass is 9.93. The number of halogens is 1. The summed E-state index contributed by atoms with van der Waals surface area (Å²) < 4.78 is 8.38. The molecular weight excluding hydrogens is 324 g/mol. The van der Waals surface area contributed by atoms with Crippen LogP contribution < -0.4 is 4.74 Å². The average molecular weight is 343 g/mol. The van der Waals surface area contributed by atoms with E-state index in [1.54, 1.807) is 0 Å². The molecule has 0 bridgehead atoms. The van der Waals surface area contributed by atoms with Crippen LogP contribution in [0.15, 0.2) is 30.3 Å². The van der Waals surface area contributed by atoms with Crippen molar-refractivity contribution < 1.29 is 9.84 Å². The number of aliphatic hydroxyl groups is 1. The molecule has 24 heavy (non-hydrogen) atoms. The van der Waals surface area contributed by atoms with Gasteiger partial charge in [-0.1, -0.05) is 23.7 Å². The molecule has 0 radical (unpaired) electrons. The first kappa shape index (κ1) is 15.5. The van der Waals surface area contributed by atoms with Gasteiger partial charge in [0, 0.05) is 17.6 Å². The van der Waals surface area contributed by atoms with Crippen molar-refractivity contribution in [3.8, 4) is 5.75 Å². The molecule has 124 valence electrons. The maximum absolute atomic E-state index is 9.76. The van der Waals surface area contributed by atoms with Gasteiger partial charge in [-0.2, -0.15) is 0 Å². The van der Waals surface area contributed by atoms with Crippen LogP contribution in [0.1, 0.15) is 35.0 Å². The molecule has 0 unspecified atom stereocenters. The quantitative estimate of drug-likeness (QED) is 0.763. The minimum Gasteiger partial charge on any atom is -0.483 e. The second-order valence-corrected chi connectivity index (χ2v) is 6.72. The van der Waals surface area contributed by atoms with E-state index in [1.807, 2.05) is 48.9 Å². The Kier molecular flexibility index (Phi) is 3.74. The summed E-state index contributed by atoms with van der Waals surface area (Å²) in [7, 11) is 1.98. The third-order valence-corrected chi connectivity index (χ3v) is 5.13. The number of ether oxygens (including phenoxy) is 1. The van der Waals surface area contributed by atoms with E-state index in [-0.39, 0.29) is 12.7 Å². The maximum atomic E-state index is 9.76. The van der Waals surface area contributed by atoms with Crippen molar-refractivity contribution in [1.29, 1.82) is 0 Å². The molecule has 1 atom stereocenters. The Balaban J connectivity index is 1.84. The number of benzene rings is 2.